The summed E-state index contributed by atoms with van der Waals surface area (Å²) in [6.07, 6.45) is 19.5. The lowest BCUT2D eigenvalue weighted by Crippen LogP contribution is -2.33. The van der Waals surface area contributed by atoms with Crippen LogP contribution in [0.15, 0.2) is 303 Å². The fraction of sp³-hybridized carbons (Fsp3) is 0.149. The van der Waals surface area contributed by atoms with Crippen molar-refractivity contribution in [1.29, 1.82) is 0 Å². The Morgan fingerprint density at radius 3 is 0.814 bits per heavy atom. The fourth-order valence-electron chi connectivity index (χ4n) is 15.3. The Morgan fingerprint density at radius 2 is 0.529 bits per heavy atom. The minimum atomic E-state index is -1.89. The van der Waals surface area contributed by atoms with Crippen LogP contribution >= 0.6 is 14.5 Å². The van der Waals surface area contributed by atoms with Crippen molar-refractivity contribution in [2.75, 3.05) is 25.5 Å². The number of nitrogens with one attached hydrogen (secondary N) is 2. The van der Waals surface area contributed by atoms with E-state index in [0.29, 0.717) is 13.2 Å². The lowest BCUT2D eigenvalue weighted by atomic mass is 10.0. The number of H-pyrrole nitrogens is 2. The molecule has 502 valence electrons. The minimum absolute atomic E-state index is 0.618. The monoisotopic (exact) mass is 1360 g/mol. The van der Waals surface area contributed by atoms with Crippen molar-refractivity contribution in [2.24, 2.45) is 0 Å². The van der Waals surface area contributed by atoms with E-state index in [1.54, 1.807) is 0 Å². The second-order valence-electron chi connectivity index (χ2n) is 26.9. The number of aromatic nitrogens is 4. The van der Waals surface area contributed by atoms with Crippen LogP contribution in [0.4, 0.5) is 0 Å². The zero-order chi connectivity index (χ0) is 68.9. The molecule has 0 saturated heterocycles. The summed E-state index contributed by atoms with van der Waals surface area (Å²) in [4.78, 5) is 19.3. The standard InChI is InChI=1S/C94H86N4O2P2/c1-69-33-29-35-71(65-69)91-83-53-54-84(95-83)92(72-36-30-34-70(2)66-72)86-56-58-88(97-86)94(74-38-32-40-76(68-74)100-62-26-4-6-28-64-102(80-47-19-10-20-48-80,81-49-21-11-22-50-81)82-51-23-12-24-52-82)90-60-59-89(98-90)93(87-57-55-85(91)96-87)73-37-31-39-75(67-73)99-61-25-3-5-27-63-101(77-41-13-7-14-42-77,78-43-15-8-16-44-78)79-45-17-9-18-46-79/h7-24,29-60,65-68,96-97H,3-6,25-28,61-64H2,1-2H3/q+2. The van der Waals surface area contributed by atoms with Gasteiger partial charge in [-0.15, -0.1) is 0 Å². The minimum Gasteiger partial charge on any atom is -0.494 e. The van der Waals surface area contributed by atoms with Gasteiger partial charge in [0.2, 0.25) is 0 Å². The number of aromatic amines is 2. The quantitative estimate of drug-likeness (QED) is 0.0418. The molecule has 0 atom stereocenters. The number of unbranched alkanes of at least 4 members (excludes halogenated alkanes) is 6. The smallest absolute Gasteiger partial charge is 0.119 e. The van der Waals surface area contributed by atoms with Crippen molar-refractivity contribution in [2.45, 2.75) is 65.2 Å². The van der Waals surface area contributed by atoms with E-state index in [4.69, 9.17) is 19.4 Å². The first-order chi connectivity index (χ1) is 50.4. The molecule has 0 fully saturated rings. The average Bonchev–Trinajstić information content (AvgIpc) is 1.66. The summed E-state index contributed by atoms with van der Waals surface area (Å²) in [7, 11) is -3.78. The Kier molecular flexibility index (Phi) is 20.7. The molecular weight excluding hydrogens is 1280 g/mol. The van der Waals surface area contributed by atoms with Crippen LogP contribution in [-0.2, 0) is 0 Å². The summed E-state index contributed by atoms with van der Waals surface area (Å²) in [5.41, 5.74) is 17.7. The number of nitrogens with zero attached hydrogens (tertiary/aromatic N) is 2. The fourth-order valence-corrected chi connectivity index (χ4v) is 24.1. The van der Waals surface area contributed by atoms with Gasteiger partial charge in [0, 0.05) is 44.3 Å². The Labute approximate surface area is 602 Å². The van der Waals surface area contributed by atoms with Crippen molar-refractivity contribution in [3.8, 4) is 56.0 Å². The summed E-state index contributed by atoms with van der Waals surface area (Å²) in [5.74, 6) is 1.66. The number of hydrogen-bond acceptors (Lipinski definition) is 4. The number of aryl methyl sites for hydroxylation is 2. The first-order valence-corrected chi connectivity index (χ1v) is 40.2. The average molecular weight is 1370 g/mol. The molecule has 3 aromatic heterocycles. The predicted molar refractivity (Wildman–Crippen MR) is 438 cm³/mol. The SMILES string of the molecule is Cc1cccc(-c2c3nc(c(-c4cccc(C)c4)c4ccc([nH]4)c(-c4cccc(OCCCCCC[P+](c5ccccc5)(c5ccccc5)c5ccccc5)c4)c4nc(c(-c5cccc(OCCCCCC[P+](c6ccccc6)(c6ccccc6)c6ccccc6)c5)c5ccc2[nH]5)C=C4)C=C3)c1. The number of rotatable bonds is 26. The first-order valence-electron chi connectivity index (χ1n) is 36.2. The molecular formula is C94H86N4O2P2+2. The molecule has 10 aromatic carbocycles. The van der Waals surface area contributed by atoms with Crippen LogP contribution in [0.3, 0.4) is 0 Å². The first kappa shape index (κ1) is 67.1. The highest BCUT2D eigenvalue weighted by Crippen LogP contribution is 2.57. The second-order valence-corrected chi connectivity index (χ2v) is 34.1. The number of benzene rings is 10. The molecule has 0 unspecified atom stereocenters. The van der Waals surface area contributed by atoms with Crippen LogP contribution in [0.1, 0.15) is 85.3 Å². The maximum absolute atomic E-state index is 6.75. The van der Waals surface area contributed by atoms with Gasteiger partial charge in [-0.05, 0) is 233 Å². The van der Waals surface area contributed by atoms with Crippen molar-refractivity contribution >= 4 is 92.7 Å². The molecule has 6 nitrogen and oxygen atoms in total. The van der Waals surface area contributed by atoms with E-state index < -0.39 is 14.5 Å². The largest absolute Gasteiger partial charge is 0.494 e. The maximum atomic E-state index is 6.75. The highest BCUT2D eigenvalue weighted by Gasteiger charge is 2.46. The van der Waals surface area contributed by atoms with Gasteiger partial charge in [0.15, 0.2) is 0 Å². The summed E-state index contributed by atoms with van der Waals surface area (Å²) >= 11 is 0. The van der Waals surface area contributed by atoms with E-state index in [1.807, 2.05) is 0 Å². The summed E-state index contributed by atoms with van der Waals surface area (Å²) < 4.78 is 13.5. The summed E-state index contributed by atoms with van der Waals surface area (Å²) in [6, 6.07) is 111. The Bertz CT molecular complexity index is 4750. The molecule has 5 heterocycles. The molecule has 2 aliphatic rings. The number of hydrogen-bond donors (Lipinski definition) is 2. The molecule has 0 aliphatic carbocycles. The van der Waals surface area contributed by atoms with E-state index in [2.05, 4.69) is 351 Å². The molecule has 8 heteroatoms. The Hall–Kier alpha value is -10.7. The molecule has 13 aromatic rings. The van der Waals surface area contributed by atoms with Gasteiger partial charge in [0.25, 0.3) is 0 Å². The molecule has 2 N–H and O–H groups in total. The van der Waals surface area contributed by atoms with Crippen LogP contribution in [0.25, 0.3) is 90.9 Å². The van der Waals surface area contributed by atoms with Gasteiger partial charge >= 0.3 is 0 Å². The molecule has 15 rings (SSSR count). The van der Waals surface area contributed by atoms with Crippen molar-refractivity contribution < 1.29 is 9.47 Å². The van der Waals surface area contributed by atoms with Gasteiger partial charge < -0.3 is 19.4 Å². The lowest BCUT2D eigenvalue weighted by molar-refractivity contribution is 0.305. The highest BCUT2D eigenvalue weighted by atomic mass is 31.2. The number of fused-ring (bicyclic) bond motifs is 8. The molecule has 2 aliphatic heterocycles. The lowest BCUT2D eigenvalue weighted by Gasteiger charge is -2.27. The summed E-state index contributed by atoms with van der Waals surface area (Å²) in [6.45, 7) is 5.54. The van der Waals surface area contributed by atoms with Crippen LogP contribution in [0.5, 0.6) is 11.5 Å². The van der Waals surface area contributed by atoms with E-state index in [9.17, 15) is 0 Å². The van der Waals surface area contributed by atoms with Crippen LogP contribution in [0.2, 0.25) is 0 Å². The molecule has 0 radical (unpaired) electrons. The topological polar surface area (TPSA) is 75.8 Å². The van der Waals surface area contributed by atoms with Crippen molar-refractivity contribution in [3.05, 3.63) is 337 Å². The van der Waals surface area contributed by atoms with E-state index in [1.165, 1.54) is 43.0 Å². The number of ether oxygens (including phenoxy) is 2. The van der Waals surface area contributed by atoms with Crippen molar-refractivity contribution in [3.63, 3.8) is 0 Å². The van der Waals surface area contributed by atoms with Crippen LogP contribution in [0, 0.1) is 13.8 Å². The molecule has 0 saturated carbocycles. The zero-order valence-corrected chi connectivity index (χ0v) is 60.1. The van der Waals surface area contributed by atoms with Gasteiger partial charge in [0.1, 0.15) is 57.9 Å². The van der Waals surface area contributed by atoms with Crippen LogP contribution in [-0.4, -0.2) is 45.5 Å². The highest BCUT2D eigenvalue weighted by molar-refractivity contribution is 7.96. The van der Waals surface area contributed by atoms with Gasteiger partial charge in [-0.1, -0.05) is 193 Å². The third kappa shape index (κ3) is 14.5. The maximum Gasteiger partial charge on any atom is 0.119 e. The van der Waals surface area contributed by atoms with Gasteiger partial charge in [-0.25, -0.2) is 9.97 Å². The molecule has 8 bridgehead atoms. The molecule has 0 spiro atoms. The molecule has 102 heavy (non-hydrogen) atoms. The molecule has 0 amide bonds. The van der Waals surface area contributed by atoms with E-state index in [-0.39, 0.29) is 0 Å². The third-order valence-electron chi connectivity index (χ3n) is 20.1. The van der Waals surface area contributed by atoms with Gasteiger partial charge in [-0.3, -0.25) is 0 Å². The van der Waals surface area contributed by atoms with Gasteiger partial charge in [-0.2, -0.15) is 0 Å². The van der Waals surface area contributed by atoms with E-state index in [0.717, 1.165) is 165 Å². The van der Waals surface area contributed by atoms with Crippen molar-refractivity contribution in [1.82, 2.24) is 19.9 Å². The predicted octanol–water partition coefficient (Wildman–Crippen LogP) is 21.8. The van der Waals surface area contributed by atoms with E-state index >= 15 is 0 Å². The van der Waals surface area contributed by atoms with Crippen LogP contribution < -0.4 is 41.3 Å². The summed E-state index contributed by atoms with van der Waals surface area (Å²) in [5, 5.41) is 8.62. The zero-order valence-electron chi connectivity index (χ0n) is 58.3. The Balaban J connectivity index is 0.746. The second kappa shape index (κ2) is 31.4. The normalized spacial score (nSPS) is 12.0. The Morgan fingerprint density at radius 1 is 0.265 bits per heavy atom. The van der Waals surface area contributed by atoms with Gasteiger partial charge in [0.05, 0.1) is 48.3 Å². The third-order valence-corrected chi connectivity index (χ3v) is 29.2.